The Morgan fingerprint density at radius 1 is 1.31 bits per heavy atom. The van der Waals surface area contributed by atoms with Crippen molar-refractivity contribution in [1.29, 1.82) is 0 Å². The van der Waals surface area contributed by atoms with E-state index in [1.54, 1.807) is 19.0 Å². The molecule has 1 aromatic rings. The molecule has 0 heterocycles. The standard InChI is InChI=1S/C20H32N4O2/c1-4-21-20(23-15-19(25)24(2)3)22-13-8-14-26-18-12-7-10-16-9-5-6-11-17(16)18/h5-6,9,11,18H,4,7-8,10,12-15H2,1-3H3,(H2,21,22,23). The molecule has 0 spiro atoms. The van der Waals surface area contributed by atoms with Gasteiger partial charge in [0.25, 0.3) is 0 Å². The fourth-order valence-electron chi connectivity index (χ4n) is 3.02. The number of carbonyl (C=O) groups excluding carboxylic acids is 1. The summed E-state index contributed by atoms with van der Waals surface area (Å²) in [5.74, 6) is 0.659. The summed E-state index contributed by atoms with van der Waals surface area (Å²) in [5.41, 5.74) is 2.78. The van der Waals surface area contributed by atoms with Crippen LogP contribution in [0.15, 0.2) is 29.3 Å². The molecule has 1 aliphatic carbocycles. The number of aryl methyl sites for hydroxylation is 1. The number of hydrogen-bond acceptors (Lipinski definition) is 3. The zero-order valence-corrected chi connectivity index (χ0v) is 16.3. The summed E-state index contributed by atoms with van der Waals surface area (Å²) in [6.45, 7) is 4.39. The molecule has 0 fully saturated rings. The second-order valence-electron chi connectivity index (χ2n) is 6.71. The maximum absolute atomic E-state index is 11.6. The van der Waals surface area contributed by atoms with Gasteiger partial charge in [-0.1, -0.05) is 24.3 Å². The topological polar surface area (TPSA) is 66.0 Å². The van der Waals surface area contributed by atoms with Gasteiger partial charge in [-0.25, -0.2) is 4.99 Å². The van der Waals surface area contributed by atoms with Gasteiger partial charge in [-0.05, 0) is 43.7 Å². The normalized spacial score (nSPS) is 16.7. The largest absolute Gasteiger partial charge is 0.373 e. The molecule has 0 bridgehead atoms. The Morgan fingerprint density at radius 3 is 2.88 bits per heavy atom. The highest BCUT2D eigenvalue weighted by atomic mass is 16.5. The van der Waals surface area contributed by atoms with Crippen molar-refractivity contribution in [3.8, 4) is 0 Å². The van der Waals surface area contributed by atoms with Gasteiger partial charge in [-0.3, -0.25) is 4.79 Å². The zero-order chi connectivity index (χ0) is 18.8. The summed E-state index contributed by atoms with van der Waals surface area (Å²) in [5, 5.41) is 6.42. The number of rotatable bonds is 8. The minimum absolute atomic E-state index is 0.0125. The van der Waals surface area contributed by atoms with Crippen LogP contribution in [-0.4, -0.2) is 57.1 Å². The first-order valence-corrected chi connectivity index (χ1v) is 9.53. The highest BCUT2D eigenvalue weighted by Crippen LogP contribution is 2.32. The molecule has 2 N–H and O–H groups in total. The van der Waals surface area contributed by atoms with Gasteiger partial charge in [0, 0.05) is 33.8 Å². The molecule has 2 rings (SSSR count). The van der Waals surface area contributed by atoms with Crippen LogP contribution >= 0.6 is 0 Å². The van der Waals surface area contributed by atoms with Crippen LogP contribution < -0.4 is 10.6 Å². The number of nitrogens with zero attached hydrogens (tertiary/aromatic N) is 2. The molecule has 1 aromatic carbocycles. The number of likely N-dealkylation sites (N-methyl/N-ethyl adjacent to an activating group) is 1. The predicted molar refractivity (Wildman–Crippen MR) is 105 cm³/mol. The van der Waals surface area contributed by atoms with Gasteiger partial charge >= 0.3 is 0 Å². The molecule has 1 unspecified atom stereocenters. The number of amides is 1. The van der Waals surface area contributed by atoms with E-state index in [1.807, 2.05) is 6.92 Å². The number of fused-ring (bicyclic) bond motifs is 1. The molecular formula is C20H32N4O2. The molecule has 1 atom stereocenters. The number of hydrogen-bond donors (Lipinski definition) is 2. The fourth-order valence-corrected chi connectivity index (χ4v) is 3.02. The van der Waals surface area contributed by atoms with Crippen LogP contribution in [0.4, 0.5) is 0 Å². The number of carbonyl (C=O) groups is 1. The third-order valence-electron chi connectivity index (χ3n) is 4.46. The monoisotopic (exact) mass is 360 g/mol. The third-order valence-corrected chi connectivity index (χ3v) is 4.46. The number of ether oxygens (including phenoxy) is 1. The van der Waals surface area contributed by atoms with E-state index < -0.39 is 0 Å². The number of nitrogens with one attached hydrogen (secondary N) is 2. The van der Waals surface area contributed by atoms with Crippen molar-refractivity contribution in [1.82, 2.24) is 15.5 Å². The van der Waals surface area contributed by atoms with E-state index >= 15 is 0 Å². The van der Waals surface area contributed by atoms with Crippen LogP contribution in [0.2, 0.25) is 0 Å². The van der Waals surface area contributed by atoms with Crippen molar-refractivity contribution in [3.05, 3.63) is 35.4 Å². The quantitative estimate of drug-likeness (QED) is 0.423. The molecule has 6 heteroatoms. The molecule has 0 saturated heterocycles. The first kappa shape index (κ1) is 20.2. The second-order valence-corrected chi connectivity index (χ2v) is 6.71. The first-order chi connectivity index (χ1) is 12.6. The van der Waals surface area contributed by atoms with E-state index in [4.69, 9.17) is 4.74 Å². The van der Waals surface area contributed by atoms with Crippen molar-refractivity contribution < 1.29 is 9.53 Å². The molecule has 144 valence electrons. The summed E-state index contributed by atoms with van der Waals surface area (Å²) in [7, 11) is 3.47. The van der Waals surface area contributed by atoms with Crippen LogP contribution in [0.1, 0.15) is 43.4 Å². The summed E-state index contributed by atoms with van der Waals surface area (Å²) >= 11 is 0. The first-order valence-electron chi connectivity index (χ1n) is 9.53. The minimum atomic E-state index is -0.0125. The van der Waals surface area contributed by atoms with E-state index in [0.29, 0.717) is 12.6 Å². The Balaban J connectivity index is 1.72. The summed E-state index contributed by atoms with van der Waals surface area (Å²) in [4.78, 5) is 17.5. The van der Waals surface area contributed by atoms with Crippen molar-refractivity contribution >= 4 is 11.9 Å². The Morgan fingerprint density at radius 2 is 2.12 bits per heavy atom. The molecule has 0 saturated carbocycles. The van der Waals surface area contributed by atoms with E-state index in [0.717, 1.165) is 32.4 Å². The lowest BCUT2D eigenvalue weighted by atomic mass is 9.89. The molecule has 1 aliphatic rings. The Labute approximate surface area is 157 Å². The van der Waals surface area contributed by atoms with E-state index in [9.17, 15) is 4.79 Å². The van der Waals surface area contributed by atoms with Crippen LogP contribution in [-0.2, 0) is 16.0 Å². The smallest absolute Gasteiger partial charge is 0.243 e. The van der Waals surface area contributed by atoms with E-state index in [-0.39, 0.29) is 18.6 Å². The van der Waals surface area contributed by atoms with Gasteiger partial charge in [0.05, 0.1) is 6.10 Å². The summed E-state index contributed by atoms with van der Waals surface area (Å²) in [6, 6.07) is 8.60. The van der Waals surface area contributed by atoms with Crippen molar-refractivity contribution in [2.24, 2.45) is 4.99 Å². The zero-order valence-electron chi connectivity index (χ0n) is 16.3. The molecule has 6 nitrogen and oxygen atoms in total. The van der Waals surface area contributed by atoms with Gasteiger partial charge in [0.2, 0.25) is 5.91 Å². The van der Waals surface area contributed by atoms with Gasteiger partial charge in [-0.2, -0.15) is 0 Å². The molecule has 0 aliphatic heterocycles. The molecule has 1 amide bonds. The highest BCUT2D eigenvalue weighted by Gasteiger charge is 2.19. The number of benzene rings is 1. The van der Waals surface area contributed by atoms with Crippen LogP contribution in [0.25, 0.3) is 0 Å². The molecular weight excluding hydrogens is 328 g/mol. The summed E-state index contributed by atoms with van der Waals surface area (Å²) < 4.78 is 6.12. The Bertz CT molecular complexity index is 601. The van der Waals surface area contributed by atoms with Gasteiger partial charge in [0.15, 0.2) is 5.96 Å². The number of guanidine groups is 1. The van der Waals surface area contributed by atoms with Crippen LogP contribution in [0.5, 0.6) is 0 Å². The molecule has 26 heavy (non-hydrogen) atoms. The summed E-state index contributed by atoms with van der Waals surface area (Å²) in [6.07, 6.45) is 4.56. The maximum Gasteiger partial charge on any atom is 0.243 e. The average Bonchev–Trinajstić information content (AvgIpc) is 2.65. The van der Waals surface area contributed by atoms with Gasteiger partial charge < -0.3 is 20.3 Å². The van der Waals surface area contributed by atoms with Crippen molar-refractivity contribution in [3.63, 3.8) is 0 Å². The second kappa shape index (κ2) is 10.8. The van der Waals surface area contributed by atoms with Gasteiger partial charge in [0.1, 0.15) is 6.54 Å². The minimum Gasteiger partial charge on any atom is -0.373 e. The Kier molecular flexibility index (Phi) is 8.41. The van der Waals surface area contributed by atoms with Crippen molar-refractivity contribution in [2.45, 2.75) is 38.7 Å². The lowest BCUT2D eigenvalue weighted by Gasteiger charge is -2.25. The molecule has 0 aromatic heterocycles. The maximum atomic E-state index is 11.6. The predicted octanol–water partition coefficient (Wildman–Crippen LogP) is 2.11. The van der Waals surface area contributed by atoms with Crippen molar-refractivity contribution in [2.75, 3.05) is 40.3 Å². The van der Waals surface area contributed by atoms with E-state index in [2.05, 4.69) is 39.9 Å². The van der Waals surface area contributed by atoms with Crippen LogP contribution in [0.3, 0.4) is 0 Å². The SMILES string of the molecule is CCNC(=NCC(=O)N(C)C)NCCCOC1CCCc2ccccc21. The van der Waals surface area contributed by atoms with E-state index in [1.165, 1.54) is 17.5 Å². The number of aliphatic imine (C=N–C) groups is 1. The lowest BCUT2D eigenvalue weighted by molar-refractivity contribution is -0.127. The Hall–Kier alpha value is -2.08. The fraction of sp³-hybridized carbons (Fsp3) is 0.600. The third kappa shape index (κ3) is 6.33. The average molecular weight is 361 g/mol. The highest BCUT2D eigenvalue weighted by molar-refractivity contribution is 5.84. The van der Waals surface area contributed by atoms with Gasteiger partial charge in [-0.15, -0.1) is 0 Å². The molecule has 0 radical (unpaired) electrons. The van der Waals surface area contributed by atoms with Crippen LogP contribution in [0, 0.1) is 0 Å². The lowest BCUT2D eigenvalue weighted by Crippen LogP contribution is -2.39.